The Balaban J connectivity index is 3.24. The lowest BCUT2D eigenvalue weighted by Crippen LogP contribution is -2.11. The van der Waals surface area contributed by atoms with Gasteiger partial charge in [-0.25, -0.2) is 0 Å². The first-order valence-electron chi connectivity index (χ1n) is 8.61. The maximum absolute atomic E-state index is 5.76. The summed E-state index contributed by atoms with van der Waals surface area (Å²) >= 11 is 0. The molecule has 0 aromatic heterocycles. The standard InChI is InChI=1S/C21H29N5/c1-5-6-12-24-16-19(13-17(2)15-23-4)21(18(3)14-22)26-25-20-10-8-7-9-11-20/h6-14,16,24-25H,4-5,15,22H2,1-3H3/b12-6+,17-13+,18-14+,19-16+,26-21+. The van der Waals surface area contributed by atoms with Crippen LogP contribution in [0.1, 0.15) is 27.2 Å². The van der Waals surface area contributed by atoms with Gasteiger partial charge in [0.05, 0.1) is 17.9 Å². The van der Waals surface area contributed by atoms with Gasteiger partial charge in [-0.05, 0) is 57.1 Å². The second kappa shape index (κ2) is 12.3. The molecule has 0 unspecified atom stereocenters. The molecular weight excluding hydrogens is 322 g/mol. The van der Waals surface area contributed by atoms with Gasteiger partial charge in [-0.3, -0.25) is 10.4 Å². The highest BCUT2D eigenvalue weighted by Gasteiger charge is 2.08. The summed E-state index contributed by atoms with van der Waals surface area (Å²) in [4.78, 5) is 3.94. The molecule has 5 nitrogen and oxygen atoms in total. The Hall–Kier alpha value is -3.08. The van der Waals surface area contributed by atoms with Crippen LogP contribution in [0.3, 0.4) is 0 Å². The highest BCUT2D eigenvalue weighted by atomic mass is 15.3. The van der Waals surface area contributed by atoms with Crippen LogP contribution in [0, 0.1) is 0 Å². The zero-order chi connectivity index (χ0) is 19.2. The number of nitrogens with two attached hydrogens (primary N) is 1. The van der Waals surface area contributed by atoms with Gasteiger partial charge in [0.15, 0.2) is 0 Å². The van der Waals surface area contributed by atoms with Gasteiger partial charge < -0.3 is 11.1 Å². The minimum Gasteiger partial charge on any atom is -0.404 e. The molecular formula is C21H29N5. The molecule has 0 saturated heterocycles. The fraction of sp³-hybridized carbons (Fsp3) is 0.238. The van der Waals surface area contributed by atoms with Gasteiger partial charge in [0.1, 0.15) is 0 Å². The molecule has 0 aliphatic carbocycles. The molecule has 0 atom stereocenters. The number of anilines is 1. The van der Waals surface area contributed by atoms with E-state index in [4.69, 9.17) is 5.73 Å². The predicted molar refractivity (Wildman–Crippen MR) is 114 cm³/mol. The molecule has 1 aromatic carbocycles. The molecule has 0 spiro atoms. The summed E-state index contributed by atoms with van der Waals surface area (Å²) in [6.07, 6.45) is 10.4. The monoisotopic (exact) mass is 351 g/mol. The maximum Gasteiger partial charge on any atom is 0.0963 e. The molecule has 1 aromatic rings. The van der Waals surface area contributed by atoms with Crippen molar-refractivity contribution in [2.24, 2.45) is 15.8 Å². The summed E-state index contributed by atoms with van der Waals surface area (Å²) in [5.41, 5.74) is 13.3. The highest BCUT2D eigenvalue weighted by molar-refractivity contribution is 6.14. The zero-order valence-corrected chi connectivity index (χ0v) is 15.9. The Labute approximate surface area is 156 Å². The number of nitrogens with one attached hydrogen (secondary N) is 2. The smallest absolute Gasteiger partial charge is 0.0963 e. The van der Waals surface area contributed by atoms with Gasteiger partial charge in [-0.2, -0.15) is 5.10 Å². The molecule has 0 aliphatic heterocycles. The summed E-state index contributed by atoms with van der Waals surface area (Å²) in [7, 11) is 0. The summed E-state index contributed by atoms with van der Waals surface area (Å²) in [6, 6.07) is 9.78. The average molecular weight is 351 g/mol. The van der Waals surface area contributed by atoms with Crippen LogP contribution in [0.5, 0.6) is 0 Å². The number of rotatable bonds is 10. The van der Waals surface area contributed by atoms with E-state index in [0.717, 1.165) is 34.5 Å². The Morgan fingerprint density at radius 2 is 1.96 bits per heavy atom. The van der Waals surface area contributed by atoms with Gasteiger partial charge in [-0.1, -0.05) is 42.8 Å². The molecule has 0 aliphatic rings. The van der Waals surface area contributed by atoms with E-state index >= 15 is 0 Å². The van der Waals surface area contributed by atoms with E-state index in [-0.39, 0.29) is 0 Å². The first kappa shape index (κ1) is 21.0. The molecule has 0 radical (unpaired) electrons. The number of nitrogens with zero attached hydrogens (tertiary/aromatic N) is 2. The number of hydrogen-bond acceptors (Lipinski definition) is 5. The maximum atomic E-state index is 5.76. The van der Waals surface area contributed by atoms with E-state index in [1.165, 1.54) is 0 Å². The number of para-hydroxylation sites is 1. The topological polar surface area (TPSA) is 74.8 Å². The van der Waals surface area contributed by atoms with Crippen molar-refractivity contribution in [3.8, 4) is 0 Å². The number of benzene rings is 1. The number of aliphatic imine (C=N–C) groups is 1. The lowest BCUT2D eigenvalue weighted by Gasteiger charge is -2.11. The van der Waals surface area contributed by atoms with Crippen LogP contribution in [-0.2, 0) is 0 Å². The third-order valence-electron chi connectivity index (χ3n) is 3.42. The zero-order valence-electron chi connectivity index (χ0n) is 15.9. The fourth-order valence-corrected chi connectivity index (χ4v) is 2.08. The Bertz CT molecular complexity index is 709. The predicted octanol–water partition coefficient (Wildman–Crippen LogP) is 4.36. The average Bonchev–Trinajstić information content (AvgIpc) is 2.65. The minimum absolute atomic E-state index is 0.562. The lowest BCUT2D eigenvalue weighted by atomic mass is 10.0. The molecule has 0 fully saturated rings. The van der Waals surface area contributed by atoms with Crippen molar-refractivity contribution in [1.29, 1.82) is 0 Å². The van der Waals surface area contributed by atoms with Gasteiger partial charge in [0.2, 0.25) is 0 Å². The molecule has 138 valence electrons. The lowest BCUT2D eigenvalue weighted by molar-refractivity contribution is 1.12. The van der Waals surface area contributed by atoms with Gasteiger partial charge in [-0.15, -0.1) is 0 Å². The summed E-state index contributed by atoms with van der Waals surface area (Å²) < 4.78 is 0. The van der Waals surface area contributed by atoms with Gasteiger partial charge in [0.25, 0.3) is 0 Å². The van der Waals surface area contributed by atoms with Crippen molar-refractivity contribution in [1.82, 2.24) is 5.32 Å². The van der Waals surface area contributed by atoms with Crippen molar-refractivity contribution in [2.75, 3.05) is 12.0 Å². The van der Waals surface area contributed by atoms with Gasteiger partial charge in [0, 0.05) is 11.8 Å². The largest absolute Gasteiger partial charge is 0.404 e. The summed E-state index contributed by atoms with van der Waals surface area (Å²) in [6.45, 7) is 10.1. The van der Waals surface area contributed by atoms with E-state index in [2.05, 4.69) is 34.5 Å². The molecule has 0 saturated carbocycles. The Morgan fingerprint density at radius 1 is 1.23 bits per heavy atom. The molecule has 26 heavy (non-hydrogen) atoms. The fourth-order valence-electron chi connectivity index (χ4n) is 2.08. The second-order valence-corrected chi connectivity index (χ2v) is 5.74. The van der Waals surface area contributed by atoms with E-state index < -0.39 is 0 Å². The van der Waals surface area contributed by atoms with E-state index in [9.17, 15) is 0 Å². The van der Waals surface area contributed by atoms with Crippen LogP contribution < -0.4 is 16.5 Å². The first-order chi connectivity index (χ1) is 12.6. The molecule has 5 heteroatoms. The SMILES string of the molecule is C=NC/C(C)=C/C(=C\N/C=C/CC)C(=N/Nc1ccccc1)/C(C)=C/N. The quantitative estimate of drug-likeness (QED) is 0.333. The molecule has 0 heterocycles. The second-order valence-electron chi connectivity index (χ2n) is 5.74. The van der Waals surface area contributed by atoms with Crippen molar-refractivity contribution in [3.63, 3.8) is 0 Å². The third-order valence-corrected chi connectivity index (χ3v) is 3.42. The minimum atomic E-state index is 0.562. The van der Waals surface area contributed by atoms with Crippen LogP contribution in [0.2, 0.25) is 0 Å². The number of hydrogen-bond donors (Lipinski definition) is 3. The third kappa shape index (κ3) is 7.66. The Kier molecular flexibility index (Phi) is 9.92. The molecule has 4 N–H and O–H groups in total. The molecule has 0 bridgehead atoms. The van der Waals surface area contributed by atoms with Crippen LogP contribution in [-0.4, -0.2) is 19.0 Å². The van der Waals surface area contributed by atoms with Crippen molar-refractivity contribution < 1.29 is 0 Å². The van der Waals surface area contributed by atoms with Crippen LogP contribution in [0.25, 0.3) is 0 Å². The molecule has 0 amide bonds. The van der Waals surface area contributed by atoms with Crippen molar-refractivity contribution in [3.05, 3.63) is 77.8 Å². The number of allylic oxidation sites excluding steroid dienone is 4. The summed E-state index contributed by atoms with van der Waals surface area (Å²) in [5.74, 6) is 0. The van der Waals surface area contributed by atoms with Crippen LogP contribution >= 0.6 is 0 Å². The van der Waals surface area contributed by atoms with E-state index in [0.29, 0.717) is 6.54 Å². The highest BCUT2D eigenvalue weighted by Crippen LogP contribution is 2.13. The van der Waals surface area contributed by atoms with Crippen LogP contribution in [0.15, 0.2) is 87.9 Å². The van der Waals surface area contributed by atoms with Crippen molar-refractivity contribution >= 4 is 18.1 Å². The molecule has 1 rings (SSSR count). The Morgan fingerprint density at radius 3 is 2.58 bits per heavy atom. The van der Waals surface area contributed by atoms with E-state index in [1.54, 1.807) is 6.20 Å². The normalized spacial score (nSPS) is 13.8. The van der Waals surface area contributed by atoms with Gasteiger partial charge >= 0.3 is 0 Å². The number of hydrazone groups is 1. The van der Waals surface area contributed by atoms with E-state index in [1.807, 2.05) is 68.7 Å². The van der Waals surface area contributed by atoms with Crippen molar-refractivity contribution in [2.45, 2.75) is 27.2 Å². The summed E-state index contributed by atoms with van der Waals surface area (Å²) in [5, 5.41) is 7.75. The first-order valence-corrected chi connectivity index (χ1v) is 8.61. The van der Waals surface area contributed by atoms with Crippen LogP contribution in [0.4, 0.5) is 5.69 Å².